The molecule has 0 bridgehead atoms. The van der Waals surface area contributed by atoms with Crippen molar-refractivity contribution in [3.05, 3.63) is 108 Å². The average molecular weight is 776 g/mol. The van der Waals surface area contributed by atoms with Crippen LogP contribution < -0.4 is 0 Å². The van der Waals surface area contributed by atoms with E-state index >= 15 is 0 Å². The normalized spacial score (nSPS) is 13.3. The van der Waals surface area contributed by atoms with Gasteiger partial charge in [-0.05, 0) is 64.9 Å². The van der Waals surface area contributed by atoms with Crippen LogP contribution in [0.5, 0.6) is 0 Å². The third kappa shape index (κ3) is 6.66. The molecule has 0 unspecified atom stereocenters. The summed E-state index contributed by atoms with van der Waals surface area (Å²) in [5.41, 5.74) is 6.88. The molecule has 0 atom stereocenters. The van der Waals surface area contributed by atoms with Gasteiger partial charge in [0.25, 0.3) is 0 Å². The first-order valence-electron chi connectivity index (χ1n) is 16.0. The number of aliphatic hydroxyl groups is 1. The van der Waals surface area contributed by atoms with E-state index in [1.807, 2.05) is 52.4 Å². The fraction of sp³-hybridized carbons (Fsp3) is 0.325. The molecule has 0 fully saturated rings. The van der Waals surface area contributed by atoms with Gasteiger partial charge in [-0.25, -0.2) is 0 Å². The predicted octanol–water partition coefficient (Wildman–Crippen LogP) is 10.4. The van der Waals surface area contributed by atoms with Crippen LogP contribution in [-0.2, 0) is 30.3 Å². The quantitative estimate of drug-likeness (QED) is 0.0969. The minimum Gasteiger partial charge on any atom is -0.512 e. The van der Waals surface area contributed by atoms with E-state index in [2.05, 4.69) is 79.5 Å². The second kappa shape index (κ2) is 14.6. The summed E-state index contributed by atoms with van der Waals surface area (Å²) in [5.74, 6) is 0.547. The van der Waals surface area contributed by atoms with Gasteiger partial charge >= 0.3 is 0 Å². The Labute approximate surface area is 281 Å². The third-order valence-electron chi connectivity index (χ3n) is 9.33. The second-order valence-corrected chi connectivity index (χ2v) is 12.3. The monoisotopic (exact) mass is 776 g/mol. The van der Waals surface area contributed by atoms with E-state index in [-0.39, 0.29) is 48.9 Å². The van der Waals surface area contributed by atoms with E-state index in [1.165, 1.54) is 39.1 Å². The molecule has 6 rings (SSSR count). The van der Waals surface area contributed by atoms with Crippen molar-refractivity contribution in [1.82, 2.24) is 9.97 Å². The zero-order valence-corrected chi connectivity index (χ0v) is 29.5. The molecule has 0 amide bonds. The molecule has 2 aromatic heterocycles. The number of pyridine rings is 2. The maximum atomic E-state index is 11.7. The Kier molecular flexibility index (Phi) is 11.1. The molecule has 2 heterocycles. The largest absolute Gasteiger partial charge is 0.512 e. The van der Waals surface area contributed by atoms with Crippen LogP contribution in [0.25, 0.3) is 43.9 Å². The SMILES string of the molecule is CC1(C)c2c(ncc3ccc(-c4ccccc4)cc23)-c2[c-]ccc3cncc1c23.CCC(CC)C(=O)/C=C(\O)C(CC)CC.[Ir]. The summed E-state index contributed by atoms with van der Waals surface area (Å²) in [6.07, 6.45) is 10.9. The van der Waals surface area contributed by atoms with Gasteiger partial charge in [-0.3, -0.25) is 9.78 Å². The number of hydrogen-bond acceptors (Lipinski definition) is 4. The number of ketones is 1. The molecule has 0 spiro atoms. The number of rotatable bonds is 8. The summed E-state index contributed by atoms with van der Waals surface area (Å²) in [7, 11) is 0. The summed E-state index contributed by atoms with van der Waals surface area (Å²) < 4.78 is 0. The van der Waals surface area contributed by atoms with E-state index in [9.17, 15) is 9.90 Å². The molecule has 0 saturated carbocycles. The van der Waals surface area contributed by atoms with Gasteiger partial charge in [0.05, 0.1) is 5.76 Å². The Bertz CT molecular complexity index is 1810. The molecule has 0 aliphatic heterocycles. The van der Waals surface area contributed by atoms with Crippen molar-refractivity contribution in [2.24, 2.45) is 11.8 Å². The number of carbonyl (C=O) groups excluding carboxylic acids is 1. The van der Waals surface area contributed by atoms with Gasteiger partial charge in [-0.1, -0.05) is 100 Å². The number of aliphatic hydroxyl groups excluding tert-OH is 1. The Morgan fingerprint density at radius 1 is 0.867 bits per heavy atom. The average Bonchev–Trinajstić information content (AvgIpc) is 3.04. The van der Waals surface area contributed by atoms with Crippen LogP contribution in [0.1, 0.15) is 78.4 Å². The van der Waals surface area contributed by atoms with E-state index in [4.69, 9.17) is 4.98 Å². The fourth-order valence-corrected chi connectivity index (χ4v) is 6.59. The number of nitrogens with zero attached hydrogens (tertiary/aromatic N) is 2. The molecule has 5 heteroatoms. The molecular formula is C40H43IrN2O2-. The van der Waals surface area contributed by atoms with Crippen LogP contribution in [0.3, 0.4) is 0 Å². The molecule has 1 radical (unpaired) electrons. The van der Waals surface area contributed by atoms with E-state index in [1.54, 1.807) is 0 Å². The van der Waals surface area contributed by atoms with Gasteiger partial charge in [0, 0.05) is 62.0 Å². The van der Waals surface area contributed by atoms with Crippen LogP contribution >= 0.6 is 0 Å². The Balaban J connectivity index is 0.000000249. The maximum Gasteiger partial charge on any atom is 0.162 e. The van der Waals surface area contributed by atoms with Gasteiger partial charge in [0.15, 0.2) is 5.78 Å². The van der Waals surface area contributed by atoms with Crippen LogP contribution in [-0.4, -0.2) is 20.9 Å². The number of fused-ring (bicyclic) bond motifs is 4. The van der Waals surface area contributed by atoms with E-state index in [0.29, 0.717) is 0 Å². The van der Waals surface area contributed by atoms with Crippen molar-refractivity contribution in [2.45, 2.75) is 72.6 Å². The van der Waals surface area contributed by atoms with Gasteiger partial charge in [0.2, 0.25) is 0 Å². The van der Waals surface area contributed by atoms with Crippen molar-refractivity contribution >= 4 is 27.3 Å². The van der Waals surface area contributed by atoms with Crippen LogP contribution in [0.2, 0.25) is 0 Å². The van der Waals surface area contributed by atoms with Gasteiger partial charge in [-0.15, -0.1) is 23.8 Å². The van der Waals surface area contributed by atoms with Crippen molar-refractivity contribution in [3.63, 3.8) is 0 Å². The zero-order chi connectivity index (χ0) is 31.4. The fourth-order valence-electron chi connectivity index (χ4n) is 6.59. The standard InChI is InChI=1S/C27H19N2.C13H24O2.Ir/c1-27(2)23-16-28-14-20-9-6-10-21(24(20)23)26-25(27)22-13-18(11-12-19(22)15-29-26)17-7-4-3-5-8-17;1-5-10(6-2)12(14)9-13(15)11(7-3)8-4;/h3-9,11-16H,1-2H3;9-11,14H,5-8H2,1-4H3;/q-1;;/b;12-9-;. The Hall–Kier alpha value is -3.66. The molecule has 235 valence electrons. The van der Waals surface area contributed by atoms with Gasteiger partial charge in [0.1, 0.15) is 0 Å². The number of carbonyl (C=O) groups is 1. The third-order valence-corrected chi connectivity index (χ3v) is 9.33. The molecule has 1 N–H and O–H groups in total. The summed E-state index contributed by atoms with van der Waals surface area (Å²) in [6.45, 7) is 12.6. The van der Waals surface area contributed by atoms with Crippen LogP contribution in [0.4, 0.5) is 0 Å². The maximum absolute atomic E-state index is 11.7. The second-order valence-electron chi connectivity index (χ2n) is 12.3. The number of hydrogen-bond donors (Lipinski definition) is 1. The van der Waals surface area contributed by atoms with Crippen molar-refractivity contribution < 1.29 is 30.0 Å². The van der Waals surface area contributed by atoms with Crippen LogP contribution in [0, 0.1) is 17.9 Å². The van der Waals surface area contributed by atoms with Gasteiger partial charge < -0.3 is 10.1 Å². The molecule has 1 aliphatic rings. The Morgan fingerprint density at radius 2 is 1.56 bits per heavy atom. The first kappa shape index (κ1) is 34.2. The molecular weight excluding hydrogens is 733 g/mol. The molecule has 4 nitrogen and oxygen atoms in total. The van der Waals surface area contributed by atoms with E-state index in [0.717, 1.165) is 47.7 Å². The molecule has 45 heavy (non-hydrogen) atoms. The van der Waals surface area contributed by atoms with Crippen molar-refractivity contribution in [3.8, 4) is 22.4 Å². The minimum absolute atomic E-state index is 0. The summed E-state index contributed by atoms with van der Waals surface area (Å²) >= 11 is 0. The topological polar surface area (TPSA) is 63.1 Å². The molecule has 0 saturated heterocycles. The van der Waals surface area contributed by atoms with E-state index < -0.39 is 0 Å². The summed E-state index contributed by atoms with van der Waals surface area (Å²) in [5, 5.41) is 14.5. The Morgan fingerprint density at radius 3 is 2.22 bits per heavy atom. The van der Waals surface area contributed by atoms with Gasteiger partial charge in [-0.2, -0.15) is 0 Å². The summed E-state index contributed by atoms with van der Waals surface area (Å²) in [4.78, 5) is 21.2. The first-order chi connectivity index (χ1) is 21.2. The first-order valence-corrected chi connectivity index (χ1v) is 16.0. The van der Waals surface area contributed by atoms with Crippen molar-refractivity contribution in [1.29, 1.82) is 0 Å². The predicted molar refractivity (Wildman–Crippen MR) is 183 cm³/mol. The number of allylic oxidation sites excluding steroid dienone is 2. The molecule has 5 aromatic rings. The number of benzene rings is 3. The van der Waals surface area contributed by atoms with Crippen molar-refractivity contribution in [2.75, 3.05) is 0 Å². The zero-order valence-electron chi connectivity index (χ0n) is 27.1. The molecule has 3 aromatic carbocycles. The summed E-state index contributed by atoms with van der Waals surface area (Å²) in [6, 6.07) is 24.8. The van der Waals surface area contributed by atoms with Crippen LogP contribution in [0.15, 0.2) is 91.1 Å². The molecule has 1 aliphatic carbocycles. The smallest absolute Gasteiger partial charge is 0.162 e. The number of aromatic nitrogens is 2. The minimum atomic E-state index is -0.203.